The molecule has 6 heteroatoms. The number of halogens is 1. The van der Waals surface area contributed by atoms with Gasteiger partial charge in [-0.1, -0.05) is 30.3 Å². The van der Waals surface area contributed by atoms with Gasteiger partial charge >= 0.3 is 0 Å². The topological polar surface area (TPSA) is 86.9 Å². The zero-order valence-corrected chi connectivity index (χ0v) is 16.8. The minimum Gasteiger partial charge on any atom is -0.461 e. The predicted molar refractivity (Wildman–Crippen MR) is 114 cm³/mol. The lowest BCUT2D eigenvalue weighted by atomic mass is 9.91. The predicted octanol–water partition coefficient (Wildman–Crippen LogP) is 5.40. The van der Waals surface area contributed by atoms with E-state index in [1.807, 2.05) is 18.2 Å². The first-order chi connectivity index (χ1) is 15.0. The number of fused-ring (bicyclic) bond motifs is 1. The Kier molecular flexibility index (Phi) is 5.50. The molecule has 4 aromatic rings. The smallest absolute Gasteiger partial charge is 0.189 e. The Morgan fingerprint density at radius 3 is 2.61 bits per heavy atom. The number of hydrogen-bond donors (Lipinski definition) is 1. The van der Waals surface area contributed by atoms with Gasteiger partial charge in [0.1, 0.15) is 17.3 Å². The van der Waals surface area contributed by atoms with Crippen molar-refractivity contribution in [3.8, 4) is 17.4 Å². The van der Waals surface area contributed by atoms with Gasteiger partial charge < -0.3 is 9.40 Å². The van der Waals surface area contributed by atoms with Crippen LogP contribution in [0, 0.1) is 30.0 Å². The van der Waals surface area contributed by atoms with E-state index in [0.717, 1.165) is 5.52 Å². The summed E-state index contributed by atoms with van der Waals surface area (Å²) in [6.07, 6.45) is 0.182. The molecule has 0 bridgehead atoms. The van der Waals surface area contributed by atoms with Crippen molar-refractivity contribution in [3.63, 3.8) is 0 Å². The summed E-state index contributed by atoms with van der Waals surface area (Å²) in [6.45, 7) is 1.75. The number of para-hydroxylation sites is 1. The molecule has 1 unspecified atom stereocenters. The molecule has 1 atom stereocenters. The number of nitriles is 1. The maximum absolute atomic E-state index is 13.9. The molecule has 0 fully saturated rings. The van der Waals surface area contributed by atoms with Crippen LogP contribution in [0.25, 0.3) is 22.2 Å². The number of aryl methyl sites for hydroxylation is 2. The molecule has 4 rings (SSSR count). The second-order valence-electron chi connectivity index (χ2n) is 7.31. The third-order valence-corrected chi connectivity index (χ3v) is 5.27. The highest BCUT2D eigenvalue weighted by Crippen LogP contribution is 2.27. The number of rotatable bonds is 7. The number of H-pyrrole nitrogens is 1. The van der Waals surface area contributed by atoms with Crippen molar-refractivity contribution in [2.24, 2.45) is 5.92 Å². The Labute approximate surface area is 178 Å². The van der Waals surface area contributed by atoms with Crippen LogP contribution in [0.15, 0.2) is 65.1 Å². The van der Waals surface area contributed by atoms with Gasteiger partial charge in [-0.05, 0) is 37.3 Å². The summed E-state index contributed by atoms with van der Waals surface area (Å²) in [6, 6.07) is 18.7. The van der Waals surface area contributed by atoms with Gasteiger partial charge in [0, 0.05) is 35.0 Å². The van der Waals surface area contributed by atoms with Crippen LogP contribution in [0.3, 0.4) is 0 Å². The third kappa shape index (κ3) is 3.90. The van der Waals surface area contributed by atoms with Crippen molar-refractivity contribution < 1.29 is 18.4 Å². The van der Waals surface area contributed by atoms with E-state index in [-0.39, 0.29) is 12.8 Å². The summed E-state index contributed by atoms with van der Waals surface area (Å²) in [5.74, 6) is -1.92. The molecule has 154 valence electrons. The number of aromatic nitrogens is 1. The number of nitrogens with one attached hydrogen (secondary N) is 1. The number of ketones is 2. The molecule has 2 aromatic carbocycles. The number of nitrogens with zero attached hydrogens (tertiary/aromatic N) is 1. The van der Waals surface area contributed by atoms with Crippen molar-refractivity contribution >= 4 is 22.5 Å². The van der Waals surface area contributed by atoms with E-state index in [9.17, 15) is 19.2 Å². The van der Waals surface area contributed by atoms with E-state index in [4.69, 9.17) is 4.42 Å². The van der Waals surface area contributed by atoms with Gasteiger partial charge in [-0.2, -0.15) is 5.26 Å². The zero-order valence-electron chi connectivity index (χ0n) is 16.8. The average molecular weight is 414 g/mol. The highest BCUT2D eigenvalue weighted by Gasteiger charge is 2.30. The van der Waals surface area contributed by atoms with Crippen LogP contribution in [-0.4, -0.2) is 16.6 Å². The van der Waals surface area contributed by atoms with Crippen LogP contribution in [0.5, 0.6) is 0 Å². The molecule has 0 saturated carbocycles. The second-order valence-corrected chi connectivity index (χ2v) is 7.31. The summed E-state index contributed by atoms with van der Waals surface area (Å²) in [4.78, 5) is 28.8. The Morgan fingerprint density at radius 2 is 1.84 bits per heavy atom. The average Bonchev–Trinajstić information content (AvgIpc) is 3.36. The summed E-state index contributed by atoms with van der Waals surface area (Å²) in [7, 11) is 0. The van der Waals surface area contributed by atoms with Gasteiger partial charge in [0.15, 0.2) is 17.5 Å². The molecule has 31 heavy (non-hydrogen) atoms. The van der Waals surface area contributed by atoms with Gasteiger partial charge in [0.25, 0.3) is 0 Å². The van der Waals surface area contributed by atoms with Crippen LogP contribution in [0.2, 0.25) is 0 Å². The number of Topliss-reactive ketones (excluding diaryl/α,β-unsaturated/α-hetero) is 2. The van der Waals surface area contributed by atoms with Crippen LogP contribution >= 0.6 is 0 Å². The Bertz CT molecular complexity index is 1330. The first-order valence-electron chi connectivity index (χ1n) is 9.87. The SMILES string of the molecule is Cc1[nH]c2ccccc2c1C(=O)C(C#N)C(=O)CCc1ccc(-c2ccccc2F)o1. The molecule has 0 aliphatic rings. The molecule has 2 aromatic heterocycles. The minimum atomic E-state index is -1.39. The number of carbonyl (C=O) groups is 2. The number of aromatic amines is 1. The first-order valence-corrected chi connectivity index (χ1v) is 9.87. The summed E-state index contributed by atoms with van der Waals surface area (Å²) in [5.41, 5.74) is 2.11. The van der Waals surface area contributed by atoms with Gasteiger partial charge in [0.05, 0.1) is 11.6 Å². The molecule has 0 radical (unpaired) electrons. The molecule has 1 N–H and O–H groups in total. The highest BCUT2D eigenvalue weighted by atomic mass is 19.1. The monoisotopic (exact) mass is 414 g/mol. The maximum Gasteiger partial charge on any atom is 0.189 e. The maximum atomic E-state index is 13.9. The highest BCUT2D eigenvalue weighted by molar-refractivity contribution is 6.18. The van der Waals surface area contributed by atoms with Crippen molar-refractivity contribution in [1.82, 2.24) is 4.98 Å². The Morgan fingerprint density at radius 1 is 1.10 bits per heavy atom. The van der Waals surface area contributed by atoms with E-state index in [0.29, 0.717) is 33.7 Å². The van der Waals surface area contributed by atoms with Gasteiger partial charge in [-0.3, -0.25) is 9.59 Å². The molecule has 0 aliphatic heterocycles. The van der Waals surface area contributed by atoms with Crippen LogP contribution in [0.4, 0.5) is 4.39 Å². The fourth-order valence-electron chi connectivity index (χ4n) is 3.72. The largest absolute Gasteiger partial charge is 0.461 e. The standard InChI is InChI=1S/C25H19FN2O3/c1-15-24(18-7-3-5-9-21(18)28-15)25(30)19(14-27)22(29)12-10-16-11-13-23(31-16)17-6-2-4-8-20(17)26/h2-9,11,13,19,28H,10,12H2,1H3. The molecular formula is C25H19FN2O3. The summed E-state index contributed by atoms with van der Waals surface area (Å²) < 4.78 is 19.6. The lowest BCUT2D eigenvalue weighted by Gasteiger charge is -2.07. The molecule has 0 saturated heterocycles. The molecular weight excluding hydrogens is 395 g/mol. The van der Waals surface area contributed by atoms with E-state index in [1.54, 1.807) is 49.4 Å². The second kappa shape index (κ2) is 8.41. The van der Waals surface area contributed by atoms with Gasteiger partial charge in [-0.15, -0.1) is 0 Å². The van der Waals surface area contributed by atoms with Crippen molar-refractivity contribution in [2.75, 3.05) is 0 Å². The summed E-state index contributed by atoms with van der Waals surface area (Å²) >= 11 is 0. The minimum absolute atomic E-state index is 0.0321. The molecule has 5 nitrogen and oxygen atoms in total. The fraction of sp³-hybridized carbons (Fsp3) is 0.160. The Hall–Kier alpha value is -3.98. The fourth-order valence-corrected chi connectivity index (χ4v) is 3.72. The summed E-state index contributed by atoms with van der Waals surface area (Å²) in [5, 5.41) is 10.2. The number of furan rings is 1. The Balaban J connectivity index is 1.49. The van der Waals surface area contributed by atoms with Gasteiger partial charge in [0.2, 0.25) is 0 Å². The lowest BCUT2D eigenvalue weighted by Crippen LogP contribution is -2.23. The van der Waals surface area contributed by atoms with E-state index < -0.39 is 23.3 Å². The van der Waals surface area contributed by atoms with Crippen LogP contribution in [0.1, 0.15) is 28.2 Å². The number of carbonyl (C=O) groups excluding carboxylic acids is 2. The number of benzene rings is 2. The third-order valence-electron chi connectivity index (χ3n) is 5.27. The van der Waals surface area contributed by atoms with Gasteiger partial charge in [-0.25, -0.2) is 4.39 Å². The normalized spacial score (nSPS) is 11.9. The van der Waals surface area contributed by atoms with Crippen molar-refractivity contribution in [2.45, 2.75) is 19.8 Å². The molecule has 2 heterocycles. The van der Waals surface area contributed by atoms with E-state index in [2.05, 4.69) is 4.98 Å². The molecule has 0 spiro atoms. The van der Waals surface area contributed by atoms with Crippen LogP contribution < -0.4 is 0 Å². The van der Waals surface area contributed by atoms with E-state index >= 15 is 0 Å². The molecule has 0 aliphatic carbocycles. The zero-order chi connectivity index (χ0) is 22.0. The van der Waals surface area contributed by atoms with Crippen LogP contribution in [-0.2, 0) is 11.2 Å². The molecule has 0 amide bonds. The van der Waals surface area contributed by atoms with E-state index in [1.165, 1.54) is 6.07 Å². The van der Waals surface area contributed by atoms with Crippen molar-refractivity contribution in [1.29, 1.82) is 5.26 Å². The lowest BCUT2D eigenvalue weighted by molar-refractivity contribution is -0.120. The quantitative estimate of drug-likeness (QED) is 0.324. The number of hydrogen-bond acceptors (Lipinski definition) is 4. The van der Waals surface area contributed by atoms with Crippen molar-refractivity contribution in [3.05, 3.63) is 83.5 Å². The first kappa shape index (κ1) is 20.3.